The van der Waals surface area contributed by atoms with Crippen molar-refractivity contribution in [1.82, 2.24) is 19.5 Å². The van der Waals surface area contributed by atoms with Crippen LogP contribution in [-0.4, -0.2) is 19.5 Å². The van der Waals surface area contributed by atoms with E-state index < -0.39 is 0 Å². The second kappa shape index (κ2) is 11.8. The minimum atomic E-state index is 0.631. The highest BCUT2D eigenvalue weighted by atomic mass is 16.3. The number of aromatic nitrogens is 4. The molecule has 0 unspecified atom stereocenters. The molecule has 0 fully saturated rings. The van der Waals surface area contributed by atoms with Gasteiger partial charge in [-0.3, -0.25) is 0 Å². The Morgan fingerprint density at radius 2 is 0.966 bits per heavy atom. The van der Waals surface area contributed by atoms with Gasteiger partial charge in [0.25, 0.3) is 0 Å². The Hall–Kier alpha value is -7.89. The normalized spacial score (nSPS) is 12.1. The van der Waals surface area contributed by atoms with E-state index in [0.29, 0.717) is 17.5 Å². The zero-order valence-electron chi connectivity index (χ0n) is 31.0. The largest absolute Gasteiger partial charge is 0.456 e. The molecule has 3 aromatic heterocycles. The van der Waals surface area contributed by atoms with E-state index in [0.717, 1.165) is 55.2 Å². The van der Waals surface area contributed by atoms with Gasteiger partial charge in [-0.2, -0.15) is 0 Å². The smallest absolute Gasteiger partial charge is 0.164 e. The lowest BCUT2D eigenvalue weighted by Gasteiger charge is -2.14. The Balaban J connectivity index is 1.00. The molecule has 0 amide bonds. The van der Waals surface area contributed by atoms with Crippen LogP contribution in [0, 0.1) is 0 Å². The third-order valence-electron chi connectivity index (χ3n) is 12.0. The highest BCUT2D eigenvalue weighted by Crippen LogP contribution is 2.51. The molecule has 3 heterocycles. The molecule has 0 spiro atoms. The van der Waals surface area contributed by atoms with E-state index >= 15 is 0 Å². The molecule has 0 atom stereocenters. The van der Waals surface area contributed by atoms with Crippen molar-refractivity contribution in [2.75, 3.05) is 0 Å². The summed E-state index contributed by atoms with van der Waals surface area (Å²) >= 11 is 0. The van der Waals surface area contributed by atoms with Crippen molar-refractivity contribution in [2.24, 2.45) is 0 Å². The number of furan rings is 1. The molecule has 1 aliphatic carbocycles. The highest BCUT2D eigenvalue weighted by Gasteiger charge is 2.26. The molecule has 9 aromatic carbocycles. The van der Waals surface area contributed by atoms with E-state index in [-0.39, 0.29) is 0 Å². The topological polar surface area (TPSA) is 56.7 Å². The standard InChI is InChI=1S/C53H30N4O/c1-2-11-33(12-3-1)51-54-52(56-53(55-51)36-21-20-31-10-4-5-13-35(31)28-36)34-22-25-37(26-23-34)57-44-18-9-17-40-42-30-47-43(38-15-6-7-19-46(38)58-47)29-41(42)39-16-8-14-32-24-27-45(57)50(48(32)39)49(40)44/h1-30H. The predicted molar refractivity (Wildman–Crippen MR) is 237 cm³/mol. The summed E-state index contributed by atoms with van der Waals surface area (Å²) in [4.78, 5) is 15.1. The fourth-order valence-corrected chi connectivity index (χ4v) is 9.31. The van der Waals surface area contributed by atoms with Crippen molar-refractivity contribution in [3.8, 4) is 62.1 Å². The van der Waals surface area contributed by atoms with E-state index in [1.54, 1.807) is 0 Å². The first-order valence-corrected chi connectivity index (χ1v) is 19.6. The molecule has 0 saturated heterocycles. The lowest BCUT2D eigenvalue weighted by molar-refractivity contribution is 0.669. The molecule has 268 valence electrons. The van der Waals surface area contributed by atoms with Crippen molar-refractivity contribution < 1.29 is 4.42 Å². The van der Waals surface area contributed by atoms with Gasteiger partial charge in [0.05, 0.1) is 11.0 Å². The Bertz CT molecular complexity index is 3670. The van der Waals surface area contributed by atoms with Crippen LogP contribution in [0.25, 0.3) is 127 Å². The van der Waals surface area contributed by atoms with E-state index in [1.807, 2.05) is 36.4 Å². The molecular formula is C53H30N4O. The minimum Gasteiger partial charge on any atom is -0.456 e. The average Bonchev–Trinajstić information content (AvgIpc) is 3.80. The maximum atomic E-state index is 6.46. The van der Waals surface area contributed by atoms with Crippen molar-refractivity contribution in [1.29, 1.82) is 0 Å². The first-order valence-electron chi connectivity index (χ1n) is 19.6. The van der Waals surface area contributed by atoms with E-state index in [4.69, 9.17) is 19.4 Å². The number of para-hydroxylation sites is 1. The van der Waals surface area contributed by atoms with Crippen LogP contribution in [-0.2, 0) is 0 Å². The van der Waals surface area contributed by atoms with Crippen molar-refractivity contribution in [3.63, 3.8) is 0 Å². The molecule has 58 heavy (non-hydrogen) atoms. The molecule has 5 nitrogen and oxygen atoms in total. The van der Waals surface area contributed by atoms with Gasteiger partial charge in [0, 0.05) is 43.9 Å². The van der Waals surface area contributed by atoms with Gasteiger partial charge >= 0.3 is 0 Å². The summed E-state index contributed by atoms with van der Waals surface area (Å²) in [7, 11) is 0. The fraction of sp³-hybridized carbons (Fsp3) is 0. The number of benzene rings is 9. The molecule has 0 radical (unpaired) electrons. The first-order chi connectivity index (χ1) is 28.7. The van der Waals surface area contributed by atoms with Gasteiger partial charge < -0.3 is 8.98 Å². The zero-order chi connectivity index (χ0) is 37.9. The molecule has 1 aliphatic rings. The molecule has 0 N–H and O–H groups in total. The molecule has 13 rings (SSSR count). The number of nitrogens with zero attached hydrogens (tertiary/aromatic N) is 4. The van der Waals surface area contributed by atoms with Crippen LogP contribution < -0.4 is 0 Å². The van der Waals surface area contributed by atoms with Gasteiger partial charge in [0.15, 0.2) is 17.5 Å². The van der Waals surface area contributed by atoms with Gasteiger partial charge in [-0.1, -0.05) is 121 Å². The van der Waals surface area contributed by atoms with Gasteiger partial charge in [0.2, 0.25) is 0 Å². The Morgan fingerprint density at radius 3 is 1.81 bits per heavy atom. The summed E-state index contributed by atoms with van der Waals surface area (Å²) in [6, 6.07) is 64.4. The quantitative estimate of drug-likeness (QED) is 0.180. The number of fused-ring (bicyclic) bond motifs is 7. The highest BCUT2D eigenvalue weighted by molar-refractivity contribution is 6.31. The van der Waals surface area contributed by atoms with E-state index in [2.05, 4.69) is 150 Å². The lowest BCUT2D eigenvalue weighted by atomic mass is 9.92. The summed E-state index contributed by atoms with van der Waals surface area (Å²) in [5.41, 5.74) is 12.9. The van der Waals surface area contributed by atoms with E-state index in [1.165, 1.54) is 54.7 Å². The molecule has 5 heteroatoms. The van der Waals surface area contributed by atoms with Crippen LogP contribution in [0.5, 0.6) is 0 Å². The second-order valence-electron chi connectivity index (χ2n) is 15.2. The fourth-order valence-electron chi connectivity index (χ4n) is 9.31. The van der Waals surface area contributed by atoms with Crippen molar-refractivity contribution in [3.05, 3.63) is 182 Å². The zero-order valence-corrected chi connectivity index (χ0v) is 31.0. The SMILES string of the molecule is c1ccc(-c2nc(-c3ccc(-n4c5cccc6c5c5c7c(cccc7ccc54)-c4cc5c(cc4-6)oc4ccccc45)cc3)nc(-c3ccc4ccccc4c3)n2)cc1. The molecule has 0 bridgehead atoms. The monoisotopic (exact) mass is 738 g/mol. The van der Waals surface area contributed by atoms with Crippen LogP contribution >= 0.6 is 0 Å². The van der Waals surface area contributed by atoms with Crippen LogP contribution in [0.4, 0.5) is 0 Å². The van der Waals surface area contributed by atoms with Crippen LogP contribution in [0.15, 0.2) is 186 Å². The number of hydrogen-bond acceptors (Lipinski definition) is 4. The Labute approximate surface area is 332 Å². The number of hydrogen-bond donors (Lipinski definition) is 0. The molecule has 0 saturated carbocycles. The van der Waals surface area contributed by atoms with Crippen LogP contribution in [0.3, 0.4) is 0 Å². The summed E-state index contributed by atoms with van der Waals surface area (Å²) in [5, 5.41) is 9.63. The summed E-state index contributed by atoms with van der Waals surface area (Å²) in [6.07, 6.45) is 0. The van der Waals surface area contributed by atoms with E-state index in [9.17, 15) is 0 Å². The maximum Gasteiger partial charge on any atom is 0.164 e. The van der Waals surface area contributed by atoms with Gasteiger partial charge in [-0.15, -0.1) is 0 Å². The minimum absolute atomic E-state index is 0.631. The molecular weight excluding hydrogens is 709 g/mol. The maximum absolute atomic E-state index is 6.46. The van der Waals surface area contributed by atoms with Crippen molar-refractivity contribution >= 4 is 65.3 Å². The third-order valence-corrected chi connectivity index (χ3v) is 12.0. The molecule has 0 aliphatic heterocycles. The van der Waals surface area contributed by atoms with Crippen LogP contribution in [0.2, 0.25) is 0 Å². The summed E-state index contributed by atoms with van der Waals surface area (Å²) < 4.78 is 8.87. The van der Waals surface area contributed by atoms with Crippen LogP contribution in [0.1, 0.15) is 0 Å². The molecule has 12 aromatic rings. The second-order valence-corrected chi connectivity index (χ2v) is 15.2. The summed E-state index contributed by atoms with van der Waals surface area (Å²) in [5.74, 6) is 1.92. The summed E-state index contributed by atoms with van der Waals surface area (Å²) in [6.45, 7) is 0. The Kier molecular flexibility index (Phi) is 6.38. The lowest BCUT2D eigenvalue weighted by Crippen LogP contribution is -2.00. The number of rotatable bonds is 4. The van der Waals surface area contributed by atoms with Gasteiger partial charge in [0.1, 0.15) is 11.2 Å². The predicted octanol–water partition coefficient (Wildman–Crippen LogP) is 13.8. The average molecular weight is 739 g/mol. The van der Waals surface area contributed by atoms with Gasteiger partial charge in [-0.25, -0.2) is 15.0 Å². The van der Waals surface area contributed by atoms with Gasteiger partial charge in [-0.05, 0) is 104 Å². The first kappa shape index (κ1) is 31.3. The van der Waals surface area contributed by atoms with Crippen molar-refractivity contribution in [2.45, 2.75) is 0 Å². The third kappa shape index (κ3) is 4.50. The Morgan fingerprint density at radius 1 is 0.345 bits per heavy atom.